The van der Waals surface area contributed by atoms with Crippen LogP contribution in [0.3, 0.4) is 0 Å². The average molecular weight is 332 g/mol. The van der Waals surface area contributed by atoms with E-state index in [2.05, 4.69) is 37.1 Å². The highest BCUT2D eigenvalue weighted by Crippen LogP contribution is 2.40. The molecule has 134 valence electrons. The molecule has 4 nitrogen and oxygen atoms in total. The van der Waals surface area contributed by atoms with Gasteiger partial charge in [0.25, 0.3) is 0 Å². The number of piperidine rings is 1. The smallest absolute Gasteiger partial charge is 0.211 e. The number of nitrogens with two attached hydrogens (primary N) is 1. The third-order valence-electron chi connectivity index (χ3n) is 5.82. The molecule has 1 saturated heterocycles. The van der Waals surface area contributed by atoms with Crippen molar-refractivity contribution < 1.29 is 4.79 Å². The molecule has 1 aromatic rings. The van der Waals surface area contributed by atoms with E-state index in [1.807, 2.05) is 12.1 Å². The van der Waals surface area contributed by atoms with Gasteiger partial charge < -0.3 is 16.0 Å². The molecule has 0 aliphatic carbocycles. The standard InChI is InChI=1S/C20H33N3O/c1-4-5-6-7-11-23-12-10-20(3,16(2)14-23)17-8-9-19(22-15-24)18(21)13-17/h8-9,13,15-16H,4-7,10-12,14,21H2,1-3H3,(H,22,24)/t16-,20-/m0/s1. The van der Waals surface area contributed by atoms with Crippen LogP contribution in [0.4, 0.5) is 11.4 Å². The Kier molecular flexibility index (Phi) is 6.67. The molecule has 0 unspecified atom stereocenters. The van der Waals surface area contributed by atoms with Gasteiger partial charge >= 0.3 is 0 Å². The third-order valence-corrected chi connectivity index (χ3v) is 5.82. The van der Waals surface area contributed by atoms with Gasteiger partial charge in [-0.1, -0.05) is 46.1 Å². The maximum Gasteiger partial charge on any atom is 0.211 e. The minimum Gasteiger partial charge on any atom is -0.397 e. The predicted octanol–water partition coefficient (Wildman–Crippen LogP) is 4.02. The predicted molar refractivity (Wildman–Crippen MR) is 102 cm³/mol. The van der Waals surface area contributed by atoms with Crippen LogP contribution in [-0.2, 0) is 10.2 Å². The summed E-state index contributed by atoms with van der Waals surface area (Å²) in [5.41, 5.74) is 8.88. The Labute approximate surface area is 146 Å². The van der Waals surface area contributed by atoms with Gasteiger partial charge in [0, 0.05) is 6.54 Å². The van der Waals surface area contributed by atoms with Crippen molar-refractivity contribution in [3.63, 3.8) is 0 Å². The van der Waals surface area contributed by atoms with Crippen molar-refractivity contribution >= 4 is 17.8 Å². The van der Waals surface area contributed by atoms with Crippen molar-refractivity contribution in [3.8, 4) is 0 Å². The number of carbonyl (C=O) groups excluding carboxylic acids is 1. The molecule has 0 spiro atoms. The minimum absolute atomic E-state index is 0.147. The van der Waals surface area contributed by atoms with Crippen LogP contribution in [0.25, 0.3) is 0 Å². The number of benzene rings is 1. The monoisotopic (exact) mass is 331 g/mol. The fraction of sp³-hybridized carbons (Fsp3) is 0.650. The van der Waals surface area contributed by atoms with E-state index >= 15 is 0 Å². The molecule has 1 aliphatic heterocycles. The van der Waals surface area contributed by atoms with Crippen LogP contribution in [0.5, 0.6) is 0 Å². The summed E-state index contributed by atoms with van der Waals surface area (Å²) >= 11 is 0. The van der Waals surface area contributed by atoms with Gasteiger partial charge in [-0.25, -0.2) is 0 Å². The number of nitrogens with zero attached hydrogens (tertiary/aromatic N) is 1. The van der Waals surface area contributed by atoms with E-state index < -0.39 is 0 Å². The number of hydrogen-bond acceptors (Lipinski definition) is 3. The van der Waals surface area contributed by atoms with Crippen molar-refractivity contribution in [2.75, 3.05) is 30.7 Å². The Morgan fingerprint density at radius 3 is 2.79 bits per heavy atom. The first-order valence-corrected chi connectivity index (χ1v) is 9.33. The molecule has 0 saturated carbocycles. The lowest BCUT2D eigenvalue weighted by Crippen LogP contribution is -2.47. The molecule has 24 heavy (non-hydrogen) atoms. The Balaban J connectivity index is 2.01. The molecule has 2 rings (SSSR count). The van der Waals surface area contributed by atoms with Gasteiger partial charge in [-0.3, -0.25) is 4.79 Å². The summed E-state index contributed by atoms with van der Waals surface area (Å²) in [7, 11) is 0. The van der Waals surface area contributed by atoms with Crippen molar-refractivity contribution in [1.29, 1.82) is 0 Å². The van der Waals surface area contributed by atoms with E-state index in [1.54, 1.807) is 0 Å². The first-order chi connectivity index (χ1) is 11.5. The van der Waals surface area contributed by atoms with Gasteiger partial charge in [0.1, 0.15) is 0 Å². The maximum atomic E-state index is 10.6. The fourth-order valence-corrected chi connectivity index (χ4v) is 3.82. The van der Waals surface area contributed by atoms with E-state index in [9.17, 15) is 4.79 Å². The number of hydrogen-bond donors (Lipinski definition) is 2. The van der Waals surface area contributed by atoms with Crippen molar-refractivity contribution in [2.45, 2.75) is 58.3 Å². The van der Waals surface area contributed by atoms with Gasteiger partial charge in [0.05, 0.1) is 11.4 Å². The molecule has 3 N–H and O–H groups in total. The topological polar surface area (TPSA) is 58.4 Å². The Morgan fingerprint density at radius 1 is 1.38 bits per heavy atom. The normalized spacial score (nSPS) is 24.7. The lowest BCUT2D eigenvalue weighted by Gasteiger charge is -2.45. The molecule has 0 radical (unpaired) electrons. The highest BCUT2D eigenvalue weighted by molar-refractivity contribution is 5.80. The molecule has 4 heteroatoms. The quantitative estimate of drug-likeness (QED) is 0.430. The average Bonchev–Trinajstić information content (AvgIpc) is 2.57. The summed E-state index contributed by atoms with van der Waals surface area (Å²) in [6.45, 7) is 10.5. The van der Waals surface area contributed by atoms with Gasteiger partial charge in [0.2, 0.25) is 6.41 Å². The number of unbranched alkanes of at least 4 members (excludes halogenated alkanes) is 3. The number of nitrogens with one attached hydrogen (secondary N) is 1. The lowest BCUT2D eigenvalue weighted by molar-refractivity contribution is -0.105. The summed E-state index contributed by atoms with van der Waals surface area (Å²) < 4.78 is 0. The van der Waals surface area contributed by atoms with Crippen LogP contribution in [0.15, 0.2) is 18.2 Å². The second kappa shape index (κ2) is 8.52. The van der Waals surface area contributed by atoms with Crippen LogP contribution < -0.4 is 11.1 Å². The van der Waals surface area contributed by atoms with Gasteiger partial charge in [-0.15, -0.1) is 0 Å². The number of carbonyl (C=O) groups is 1. The molecule has 1 aliphatic rings. The van der Waals surface area contributed by atoms with E-state index in [-0.39, 0.29) is 5.41 Å². The second-order valence-corrected chi connectivity index (χ2v) is 7.49. The molecule has 1 fully saturated rings. The van der Waals surface area contributed by atoms with E-state index in [0.717, 1.165) is 19.5 Å². The number of amides is 1. The van der Waals surface area contributed by atoms with Crippen molar-refractivity contribution in [3.05, 3.63) is 23.8 Å². The molecule has 2 atom stereocenters. The van der Waals surface area contributed by atoms with E-state index in [0.29, 0.717) is 23.7 Å². The molecule has 0 aromatic heterocycles. The van der Waals surface area contributed by atoms with E-state index in [1.165, 1.54) is 37.8 Å². The van der Waals surface area contributed by atoms with Crippen LogP contribution in [0.2, 0.25) is 0 Å². The van der Waals surface area contributed by atoms with Crippen LogP contribution in [0, 0.1) is 5.92 Å². The largest absolute Gasteiger partial charge is 0.397 e. The summed E-state index contributed by atoms with van der Waals surface area (Å²) in [6, 6.07) is 6.09. The number of rotatable bonds is 8. The molecule has 1 amide bonds. The third kappa shape index (κ3) is 4.29. The summed E-state index contributed by atoms with van der Waals surface area (Å²) in [6.07, 6.45) is 7.14. The second-order valence-electron chi connectivity index (χ2n) is 7.49. The zero-order chi connectivity index (χ0) is 17.6. The summed E-state index contributed by atoms with van der Waals surface area (Å²) in [5, 5.41) is 2.66. The number of anilines is 2. The van der Waals surface area contributed by atoms with Crippen LogP contribution in [-0.4, -0.2) is 30.9 Å². The molecular weight excluding hydrogens is 298 g/mol. The van der Waals surface area contributed by atoms with Crippen molar-refractivity contribution in [1.82, 2.24) is 4.90 Å². The van der Waals surface area contributed by atoms with Gasteiger partial charge in [-0.05, 0) is 55.0 Å². The van der Waals surface area contributed by atoms with Crippen molar-refractivity contribution in [2.24, 2.45) is 5.92 Å². The molecular formula is C20H33N3O. The first kappa shape index (κ1) is 18.8. The number of likely N-dealkylation sites (tertiary alicyclic amines) is 1. The number of nitrogen functional groups attached to an aromatic ring is 1. The lowest BCUT2D eigenvalue weighted by atomic mass is 9.68. The van der Waals surface area contributed by atoms with Crippen LogP contribution >= 0.6 is 0 Å². The highest BCUT2D eigenvalue weighted by atomic mass is 16.1. The molecule has 1 heterocycles. The SMILES string of the molecule is CCCCCCN1CC[C@](C)(c2ccc(NC=O)c(N)c2)[C@@H](C)C1. The molecule has 0 bridgehead atoms. The zero-order valence-corrected chi connectivity index (χ0v) is 15.5. The fourth-order valence-electron chi connectivity index (χ4n) is 3.82. The Bertz CT molecular complexity index is 546. The van der Waals surface area contributed by atoms with E-state index in [4.69, 9.17) is 5.73 Å². The minimum atomic E-state index is 0.147. The Hall–Kier alpha value is -1.55. The molecule has 1 aromatic carbocycles. The summed E-state index contributed by atoms with van der Waals surface area (Å²) in [4.78, 5) is 13.2. The maximum absolute atomic E-state index is 10.6. The summed E-state index contributed by atoms with van der Waals surface area (Å²) in [5.74, 6) is 0.585. The van der Waals surface area contributed by atoms with Gasteiger partial charge in [0.15, 0.2) is 0 Å². The first-order valence-electron chi connectivity index (χ1n) is 9.33. The zero-order valence-electron chi connectivity index (χ0n) is 15.5. The Morgan fingerprint density at radius 2 is 2.17 bits per heavy atom. The van der Waals surface area contributed by atoms with Gasteiger partial charge in [-0.2, -0.15) is 0 Å². The van der Waals surface area contributed by atoms with Crippen LogP contribution in [0.1, 0.15) is 58.4 Å². The highest BCUT2D eigenvalue weighted by Gasteiger charge is 2.37.